The minimum absolute atomic E-state index is 0.327. The Morgan fingerprint density at radius 1 is 0.947 bits per heavy atom. The number of rotatable bonds is 7. The number of hydrogen-bond acceptors (Lipinski definition) is 7. The first-order valence-electron chi connectivity index (χ1n) is 9.96. The molecule has 8 nitrogen and oxygen atoms in total. The van der Waals surface area contributed by atoms with E-state index in [-0.39, 0.29) is 17.1 Å². The van der Waals surface area contributed by atoms with E-state index in [0.717, 1.165) is 48.5 Å². The summed E-state index contributed by atoms with van der Waals surface area (Å²) in [6.07, 6.45) is -9.05. The minimum Gasteiger partial charge on any atom is -0.457 e. The van der Waals surface area contributed by atoms with Gasteiger partial charge in [-0.25, -0.2) is 8.42 Å². The lowest BCUT2D eigenvalue weighted by atomic mass is 10.1. The van der Waals surface area contributed by atoms with Gasteiger partial charge in [-0.2, -0.15) is 18.4 Å². The summed E-state index contributed by atoms with van der Waals surface area (Å²) in [6, 6.07) is 10.7. The first-order chi connectivity index (χ1) is 17.6. The molecule has 3 aromatic carbocycles. The molecule has 0 saturated heterocycles. The maximum atomic E-state index is 13.0. The van der Waals surface area contributed by atoms with Crippen molar-refractivity contribution in [3.05, 3.63) is 92.9 Å². The SMILES string of the molecule is N#C/C(=C\c1cc([N+](=O)[O-])ccc1Oc1cccc(C(F)(F)F)c1)S(=O)(=O)c1ccc(OC(F)(F)F)cc1. The topological polar surface area (TPSA) is 120 Å². The van der Waals surface area contributed by atoms with E-state index < -0.39 is 54.1 Å². The van der Waals surface area contributed by atoms with Gasteiger partial charge in [0.2, 0.25) is 9.84 Å². The van der Waals surface area contributed by atoms with Crippen molar-refractivity contribution in [1.29, 1.82) is 5.26 Å². The molecule has 0 aliphatic rings. The van der Waals surface area contributed by atoms with E-state index in [1.165, 1.54) is 6.07 Å². The Morgan fingerprint density at radius 2 is 1.61 bits per heavy atom. The van der Waals surface area contributed by atoms with Crippen LogP contribution in [-0.4, -0.2) is 19.7 Å². The Labute approximate surface area is 210 Å². The zero-order valence-corrected chi connectivity index (χ0v) is 19.3. The van der Waals surface area contributed by atoms with Crippen molar-refractivity contribution < 1.29 is 49.2 Å². The lowest BCUT2D eigenvalue weighted by molar-refractivity contribution is -0.384. The number of sulfone groups is 1. The molecule has 38 heavy (non-hydrogen) atoms. The van der Waals surface area contributed by atoms with Gasteiger partial charge in [0.1, 0.15) is 28.2 Å². The zero-order valence-electron chi connectivity index (χ0n) is 18.4. The van der Waals surface area contributed by atoms with Gasteiger partial charge in [0.05, 0.1) is 15.4 Å². The first kappa shape index (κ1) is 28.0. The van der Waals surface area contributed by atoms with Crippen LogP contribution in [0, 0.1) is 21.4 Å². The van der Waals surface area contributed by atoms with Crippen molar-refractivity contribution in [3.63, 3.8) is 0 Å². The second-order valence-electron chi connectivity index (χ2n) is 7.25. The van der Waals surface area contributed by atoms with Crippen LogP contribution in [0.15, 0.2) is 76.5 Å². The molecule has 15 heteroatoms. The van der Waals surface area contributed by atoms with Crippen molar-refractivity contribution in [2.45, 2.75) is 17.4 Å². The summed E-state index contributed by atoms with van der Waals surface area (Å²) in [4.78, 5) is 8.79. The third kappa shape index (κ3) is 6.79. The summed E-state index contributed by atoms with van der Waals surface area (Å²) in [6.45, 7) is 0. The third-order valence-corrected chi connectivity index (χ3v) is 6.33. The average molecular weight is 558 g/mol. The Kier molecular flexibility index (Phi) is 7.68. The number of non-ortho nitro benzene ring substituents is 1. The maximum absolute atomic E-state index is 13.0. The number of halogens is 6. The molecule has 0 spiro atoms. The summed E-state index contributed by atoms with van der Waals surface area (Å²) < 4.78 is 111. The van der Waals surface area contributed by atoms with E-state index in [1.807, 2.05) is 0 Å². The van der Waals surface area contributed by atoms with Crippen molar-refractivity contribution in [2.24, 2.45) is 0 Å². The molecule has 0 amide bonds. The highest BCUT2D eigenvalue weighted by Gasteiger charge is 2.32. The number of hydrogen-bond donors (Lipinski definition) is 0. The molecule has 0 aliphatic heterocycles. The van der Waals surface area contributed by atoms with Gasteiger partial charge >= 0.3 is 12.5 Å². The predicted octanol–water partition coefficient (Wildman–Crippen LogP) is 6.64. The molecule has 0 heterocycles. The quantitative estimate of drug-likeness (QED) is 0.138. The largest absolute Gasteiger partial charge is 0.573 e. The number of allylic oxidation sites excluding steroid dienone is 1. The van der Waals surface area contributed by atoms with Crippen LogP contribution in [0.2, 0.25) is 0 Å². The van der Waals surface area contributed by atoms with Crippen LogP contribution in [0.5, 0.6) is 17.2 Å². The van der Waals surface area contributed by atoms with Gasteiger partial charge in [0.25, 0.3) is 5.69 Å². The van der Waals surface area contributed by atoms with Crippen molar-refractivity contribution >= 4 is 21.6 Å². The molecule has 3 aromatic rings. The van der Waals surface area contributed by atoms with Crippen LogP contribution >= 0.6 is 0 Å². The number of nitriles is 1. The van der Waals surface area contributed by atoms with Crippen LogP contribution in [0.25, 0.3) is 6.08 Å². The molecule has 0 radical (unpaired) electrons. The number of nitrogens with zero attached hydrogens (tertiary/aromatic N) is 2. The molecule has 0 saturated carbocycles. The molecule has 0 aromatic heterocycles. The molecule has 0 fully saturated rings. The Hall–Kier alpha value is -4.58. The number of nitro groups is 1. The summed E-state index contributed by atoms with van der Waals surface area (Å²) in [5, 5.41) is 20.7. The number of ether oxygens (including phenoxy) is 2. The lowest BCUT2D eigenvalue weighted by Crippen LogP contribution is -2.17. The molecule has 0 bridgehead atoms. The fraction of sp³-hybridized carbons (Fsp3) is 0.0870. The molecular formula is C23H12F6N2O6S. The summed E-state index contributed by atoms with van der Waals surface area (Å²) >= 11 is 0. The highest BCUT2D eigenvalue weighted by molar-refractivity contribution is 7.95. The van der Waals surface area contributed by atoms with E-state index in [2.05, 4.69) is 4.74 Å². The fourth-order valence-corrected chi connectivity index (χ4v) is 4.13. The zero-order chi connectivity index (χ0) is 28.3. The van der Waals surface area contributed by atoms with Gasteiger partial charge in [0.15, 0.2) is 0 Å². The smallest absolute Gasteiger partial charge is 0.457 e. The van der Waals surface area contributed by atoms with Crippen molar-refractivity contribution in [1.82, 2.24) is 0 Å². The van der Waals surface area contributed by atoms with Gasteiger partial charge in [-0.1, -0.05) is 6.07 Å². The second kappa shape index (κ2) is 10.4. The number of nitro benzene ring substituents is 1. The van der Waals surface area contributed by atoms with Crippen LogP contribution in [-0.2, 0) is 16.0 Å². The Morgan fingerprint density at radius 3 is 2.16 bits per heavy atom. The Balaban J connectivity index is 2.06. The standard InChI is InChI=1S/C23H12F6N2O6S/c24-22(25,26)15-2-1-3-18(12-15)36-21-9-4-16(31(32)33)10-14(21)11-20(13-30)38(34,35)19-7-5-17(6-8-19)37-23(27,28)29/h1-12H/b20-11+. The first-order valence-corrected chi connectivity index (χ1v) is 11.4. The molecule has 3 rings (SSSR count). The molecule has 0 unspecified atom stereocenters. The highest BCUT2D eigenvalue weighted by atomic mass is 32.2. The molecule has 0 N–H and O–H groups in total. The van der Waals surface area contributed by atoms with E-state index >= 15 is 0 Å². The molecular weight excluding hydrogens is 546 g/mol. The van der Waals surface area contributed by atoms with Crippen molar-refractivity contribution in [3.8, 4) is 23.3 Å². The summed E-state index contributed by atoms with van der Waals surface area (Å²) in [5.74, 6) is -1.40. The second-order valence-corrected chi connectivity index (χ2v) is 9.17. The van der Waals surface area contributed by atoms with E-state index in [4.69, 9.17) is 4.74 Å². The van der Waals surface area contributed by atoms with E-state index in [0.29, 0.717) is 24.3 Å². The highest BCUT2D eigenvalue weighted by Crippen LogP contribution is 2.36. The fourth-order valence-electron chi connectivity index (χ4n) is 2.98. The van der Waals surface area contributed by atoms with Crippen LogP contribution < -0.4 is 9.47 Å². The average Bonchev–Trinajstić information content (AvgIpc) is 2.82. The van der Waals surface area contributed by atoms with Crippen LogP contribution in [0.1, 0.15) is 11.1 Å². The summed E-state index contributed by atoms with van der Waals surface area (Å²) in [7, 11) is -4.67. The number of benzene rings is 3. The molecule has 0 atom stereocenters. The van der Waals surface area contributed by atoms with Gasteiger partial charge in [0, 0.05) is 17.7 Å². The van der Waals surface area contributed by atoms with E-state index in [1.54, 1.807) is 0 Å². The van der Waals surface area contributed by atoms with Gasteiger partial charge < -0.3 is 9.47 Å². The normalized spacial score (nSPS) is 12.5. The predicted molar refractivity (Wildman–Crippen MR) is 119 cm³/mol. The third-order valence-electron chi connectivity index (χ3n) is 4.65. The monoisotopic (exact) mass is 558 g/mol. The summed E-state index contributed by atoms with van der Waals surface area (Å²) in [5.41, 5.74) is -1.98. The van der Waals surface area contributed by atoms with Gasteiger partial charge in [-0.05, 0) is 54.6 Å². The van der Waals surface area contributed by atoms with Gasteiger partial charge in [-0.3, -0.25) is 10.1 Å². The maximum Gasteiger partial charge on any atom is 0.573 e. The van der Waals surface area contributed by atoms with E-state index in [9.17, 15) is 50.1 Å². The molecule has 0 aliphatic carbocycles. The van der Waals surface area contributed by atoms with Gasteiger partial charge in [-0.15, -0.1) is 13.2 Å². The Bertz CT molecular complexity index is 1540. The minimum atomic E-state index is -5.03. The van der Waals surface area contributed by atoms with Crippen LogP contribution in [0.4, 0.5) is 32.0 Å². The number of alkyl halides is 6. The van der Waals surface area contributed by atoms with Crippen LogP contribution in [0.3, 0.4) is 0 Å². The molecule has 198 valence electrons. The van der Waals surface area contributed by atoms with Crippen molar-refractivity contribution in [2.75, 3.05) is 0 Å². The lowest BCUT2D eigenvalue weighted by Gasteiger charge is -2.12.